The molecule has 0 bridgehead atoms. The van der Waals surface area contributed by atoms with E-state index in [9.17, 15) is 4.79 Å². The van der Waals surface area contributed by atoms with E-state index in [4.69, 9.17) is 0 Å². The van der Waals surface area contributed by atoms with Gasteiger partial charge in [0.1, 0.15) is 0 Å². The lowest BCUT2D eigenvalue weighted by Gasteiger charge is -2.25. The molecule has 1 fully saturated rings. The van der Waals surface area contributed by atoms with Crippen molar-refractivity contribution in [1.82, 2.24) is 14.9 Å². The number of pyridine rings is 2. The number of carbonyl (C=O) groups excluding carboxylic acids is 1. The Morgan fingerprint density at radius 1 is 1.25 bits per heavy atom. The van der Waals surface area contributed by atoms with Crippen LogP contribution >= 0.6 is 0 Å². The third kappa shape index (κ3) is 2.41. The molecule has 102 valence electrons. The molecular formula is C16H17N3O. The first kappa shape index (κ1) is 12.8. The molecule has 4 nitrogen and oxygen atoms in total. The van der Waals surface area contributed by atoms with Crippen LogP contribution in [0.4, 0.5) is 0 Å². The average Bonchev–Trinajstić information content (AvgIpc) is 2.97. The second kappa shape index (κ2) is 5.41. The molecule has 0 N–H and O–H groups in total. The fourth-order valence-electron chi connectivity index (χ4n) is 2.70. The molecule has 20 heavy (non-hydrogen) atoms. The van der Waals surface area contributed by atoms with Crippen molar-refractivity contribution in [2.45, 2.75) is 25.8 Å². The van der Waals surface area contributed by atoms with Gasteiger partial charge in [-0.25, -0.2) is 0 Å². The van der Waals surface area contributed by atoms with Gasteiger partial charge < -0.3 is 4.90 Å². The Morgan fingerprint density at radius 3 is 2.75 bits per heavy atom. The Balaban J connectivity index is 1.85. The van der Waals surface area contributed by atoms with Gasteiger partial charge in [0.05, 0.1) is 11.6 Å². The first-order valence-electron chi connectivity index (χ1n) is 6.89. The summed E-state index contributed by atoms with van der Waals surface area (Å²) in [5.74, 6) is 0.0665. The minimum absolute atomic E-state index is 0.0665. The lowest BCUT2D eigenvalue weighted by atomic mass is 10.1. The molecule has 2 aromatic rings. The Labute approximate surface area is 118 Å². The second-order valence-electron chi connectivity index (χ2n) is 5.13. The van der Waals surface area contributed by atoms with Crippen LogP contribution in [0.15, 0.2) is 42.9 Å². The SMILES string of the molecule is Cc1ccc(C(=O)N2CCCC2c2ccncc2)cn1. The zero-order valence-corrected chi connectivity index (χ0v) is 11.5. The number of carbonyl (C=O) groups is 1. The third-order valence-electron chi connectivity index (χ3n) is 3.76. The van der Waals surface area contributed by atoms with E-state index >= 15 is 0 Å². The molecule has 1 unspecified atom stereocenters. The van der Waals surface area contributed by atoms with E-state index in [-0.39, 0.29) is 11.9 Å². The van der Waals surface area contributed by atoms with Crippen LogP contribution in [-0.4, -0.2) is 27.3 Å². The lowest BCUT2D eigenvalue weighted by Crippen LogP contribution is -2.30. The molecule has 4 heteroatoms. The Hall–Kier alpha value is -2.23. The molecule has 0 aliphatic carbocycles. The highest BCUT2D eigenvalue weighted by atomic mass is 16.2. The molecule has 0 radical (unpaired) electrons. The minimum atomic E-state index is 0.0665. The lowest BCUT2D eigenvalue weighted by molar-refractivity contribution is 0.0735. The van der Waals surface area contributed by atoms with Gasteiger partial charge >= 0.3 is 0 Å². The first-order chi connectivity index (χ1) is 9.75. The van der Waals surface area contributed by atoms with Crippen molar-refractivity contribution in [2.24, 2.45) is 0 Å². The summed E-state index contributed by atoms with van der Waals surface area (Å²) in [6.45, 7) is 2.73. The Bertz CT molecular complexity index is 595. The van der Waals surface area contributed by atoms with Crippen LogP contribution in [0, 0.1) is 6.92 Å². The number of likely N-dealkylation sites (tertiary alicyclic amines) is 1. The fourth-order valence-corrected chi connectivity index (χ4v) is 2.70. The molecule has 3 heterocycles. The van der Waals surface area contributed by atoms with Crippen LogP contribution in [0.5, 0.6) is 0 Å². The fraction of sp³-hybridized carbons (Fsp3) is 0.312. The normalized spacial score (nSPS) is 18.2. The van der Waals surface area contributed by atoms with Gasteiger partial charge in [-0.3, -0.25) is 14.8 Å². The van der Waals surface area contributed by atoms with E-state index < -0.39 is 0 Å². The summed E-state index contributed by atoms with van der Waals surface area (Å²) in [7, 11) is 0. The molecule has 1 atom stereocenters. The molecule has 1 amide bonds. The number of amides is 1. The summed E-state index contributed by atoms with van der Waals surface area (Å²) < 4.78 is 0. The average molecular weight is 267 g/mol. The molecule has 1 aliphatic rings. The van der Waals surface area contributed by atoms with Crippen molar-refractivity contribution in [3.8, 4) is 0 Å². The maximum Gasteiger partial charge on any atom is 0.255 e. The van der Waals surface area contributed by atoms with Gasteiger partial charge in [-0.15, -0.1) is 0 Å². The Morgan fingerprint density at radius 2 is 2.05 bits per heavy atom. The van der Waals surface area contributed by atoms with Gasteiger partial charge in [0, 0.05) is 30.8 Å². The highest BCUT2D eigenvalue weighted by molar-refractivity contribution is 5.94. The van der Waals surface area contributed by atoms with Gasteiger partial charge in [-0.1, -0.05) is 0 Å². The van der Waals surface area contributed by atoms with Crippen LogP contribution in [0.1, 0.15) is 40.5 Å². The van der Waals surface area contributed by atoms with Gasteiger partial charge in [0.2, 0.25) is 0 Å². The quantitative estimate of drug-likeness (QED) is 0.840. The number of aryl methyl sites for hydroxylation is 1. The molecule has 0 saturated carbocycles. The molecular weight excluding hydrogens is 250 g/mol. The zero-order chi connectivity index (χ0) is 13.9. The number of hydrogen-bond donors (Lipinski definition) is 0. The first-order valence-corrected chi connectivity index (χ1v) is 6.89. The van der Waals surface area contributed by atoms with Crippen molar-refractivity contribution in [1.29, 1.82) is 0 Å². The van der Waals surface area contributed by atoms with Crippen LogP contribution in [-0.2, 0) is 0 Å². The number of hydrogen-bond acceptors (Lipinski definition) is 3. The second-order valence-corrected chi connectivity index (χ2v) is 5.13. The van der Waals surface area contributed by atoms with Crippen molar-refractivity contribution < 1.29 is 4.79 Å². The number of rotatable bonds is 2. The zero-order valence-electron chi connectivity index (χ0n) is 11.5. The van der Waals surface area contributed by atoms with Gasteiger partial charge in [-0.05, 0) is 49.6 Å². The molecule has 0 aromatic carbocycles. The van der Waals surface area contributed by atoms with E-state index in [1.807, 2.05) is 36.1 Å². The molecule has 3 rings (SSSR count). The van der Waals surface area contributed by atoms with E-state index in [0.717, 1.165) is 30.6 Å². The molecule has 0 spiro atoms. The van der Waals surface area contributed by atoms with Crippen LogP contribution in [0.25, 0.3) is 0 Å². The number of aromatic nitrogens is 2. The Kier molecular flexibility index (Phi) is 3.46. The van der Waals surface area contributed by atoms with E-state index in [1.54, 1.807) is 18.6 Å². The summed E-state index contributed by atoms with van der Waals surface area (Å²) in [6, 6.07) is 7.87. The van der Waals surface area contributed by atoms with Crippen LogP contribution < -0.4 is 0 Å². The topological polar surface area (TPSA) is 46.1 Å². The highest BCUT2D eigenvalue weighted by Gasteiger charge is 2.30. The van der Waals surface area contributed by atoms with Gasteiger partial charge in [-0.2, -0.15) is 0 Å². The molecule has 2 aromatic heterocycles. The summed E-state index contributed by atoms with van der Waals surface area (Å²) in [5.41, 5.74) is 2.75. The smallest absolute Gasteiger partial charge is 0.255 e. The molecule has 1 aliphatic heterocycles. The van der Waals surface area contributed by atoms with Crippen LogP contribution in [0.3, 0.4) is 0 Å². The maximum atomic E-state index is 12.6. The summed E-state index contributed by atoms with van der Waals surface area (Å²) in [5, 5.41) is 0. The van der Waals surface area contributed by atoms with Crippen molar-refractivity contribution in [3.63, 3.8) is 0 Å². The predicted octanol–water partition coefficient (Wildman–Crippen LogP) is 2.76. The van der Waals surface area contributed by atoms with Crippen molar-refractivity contribution in [2.75, 3.05) is 6.54 Å². The third-order valence-corrected chi connectivity index (χ3v) is 3.76. The largest absolute Gasteiger partial charge is 0.332 e. The predicted molar refractivity (Wildman–Crippen MR) is 76.2 cm³/mol. The number of nitrogens with zero attached hydrogens (tertiary/aromatic N) is 3. The molecule has 1 saturated heterocycles. The van der Waals surface area contributed by atoms with Crippen LogP contribution in [0.2, 0.25) is 0 Å². The van der Waals surface area contributed by atoms with E-state index in [0.29, 0.717) is 5.56 Å². The summed E-state index contributed by atoms with van der Waals surface area (Å²) in [4.78, 5) is 22.8. The highest BCUT2D eigenvalue weighted by Crippen LogP contribution is 2.32. The van der Waals surface area contributed by atoms with Gasteiger partial charge in [0.25, 0.3) is 5.91 Å². The summed E-state index contributed by atoms with van der Waals surface area (Å²) in [6.07, 6.45) is 7.28. The van der Waals surface area contributed by atoms with E-state index in [1.165, 1.54) is 0 Å². The van der Waals surface area contributed by atoms with Crippen molar-refractivity contribution in [3.05, 3.63) is 59.7 Å². The maximum absolute atomic E-state index is 12.6. The standard InChI is InChI=1S/C16H17N3O/c1-12-4-5-14(11-18-12)16(20)19-10-2-3-15(19)13-6-8-17-9-7-13/h4-9,11,15H,2-3,10H2,1H3. The van der Waals surface area contributed by atoms with E-state index in [2.05, 4.69) is 9.97 Å². The minimum Gasteiger partial charge on any atom is -0.332 e. The van der Waals surface area contributed by atoms with Crippen molar-refractivity contribution >= 4 is 5.91 Å². The summed E-state index contributed by atoms with van der Waals surface area (Å²) >= 11 is 0. The van der Waals surface area contributed by atoms with Gasteiger partial charge in [0.15, 0.2) is 0 Å². The monoisotopic (exact) mass is 267 g/mol.